The molecule has 0 radical (unpaired) electrons. The summed E-state index contributed by atoms with van der Waals surface area (Å²) in [4.78, 5) is 59.2. The number of phosphoric acid groups is 2. The number of H-pyrrole nitrogens is 1. The molecule has 2 fully saturated rings. The molecule has 5 heterocycles. The number of imidazole rings is 1. The Hall–Kier alpha value is -2.88. The third kappa shape index (κ3) is 6.70. The van der Waals surface area contributed by atoms with Gasteiger partial charge in [-0.2, -0.15) is 0 Å². The average molecular weight is 664 g/mol. The lowest BCUT2D eigenvalue weighted by Gasteiger charge is -2.32. The number of ether oxygens (including phenoxy) is 2. The molecule has 0 saturated carbocycles. The number of fused-ring (bicyclic) bond motifs is 1. The van der Waals surface area contributed by atoms with E-state index in [1.807, 2.05) is 0 Å². The minimum absolute atomic E-state index is 0.0108. The average Bonchev–Trinajstić information content (AvgIpc) is 3.61. The highest BCUT2D eigenvalue weighted by atomic mass is 31.3. The molecule has 0 bridgehead atoms. The fourth-order valence-electron chi connectivity index (χ4n) is 4.66. The van der Waals surface area contributed by atoms with Crippen molar-refractivity contribution in [1.29, 1.82) is 0 Å². The molecular formula is C21H26N6O15P2-2. The van der Waals surface area contributed by atoms with Crippen LogP contribution in [0.4, 0.5) is 0 Å². The Kier molecular flexibility index (Phi) is 9.23. The van der Waals surface area contributed by atoms with Gasteiger partial charge >= 0.3 is 0 Å². The minimum atomic E-state index is -5.70. The summed E-state index contributed by atoms with van der Waals surface area (Å²) in [5.74, 6) is -0.729. The molecule has 5 rings (SSSR count). The second-order valence-electron chi connectivity index (χ2n) is 9.77. The molecule has 1 amide bonds. The Labute approximate surface area is 245 Å². The number of aliphatic hydroxyl groups is 4. The first-order chi connectivity index (χ1) is 20.7. The quantitative estimate of drug-likeness (QED) is 0.124. The summed E-state index contributed by atoms with van der Waals surface area (Å²) in [6.07, 6.45) is -5.74. The van der Waals surface area contributed by atoms with E-state index in [2.05, 4.69) is 28.3 Å². The van der Waals surface area contributed by atoms with Crippen LogP contribution in [0, 0.1) is 0 Å². The normalized spacial score (nSPS) is 33.3. The second-order valence-corrected chi connectivity index (χ2v) is 12.7. The molecular weight excluding hydrogens is 638 g/mol. The third-order valence-electron chi connectivity index (χ3n) is 6.84. The topological polar surface area (TPSA) is 317 Å². The first-order valence-corrected chi connectivity index (χ1v) is 15.6. The molecule has 3 aliphatic heterocycles. The minimum Gasteiger partial charge on any atom is -0.756 e. The van der Waals surface area contributed by atoms with Gasteiger partial charge in [-0.05, 0) is 6.42 Å². The van der Waals surface area contributed by atoms with E-state index in [1.54, 1.807) is 0 Å². The zero-order valence-corrected chi connectivity index (χ0v) is 24.0. The van der Waals surface area contributed by atoms with E-state index in [0.717, 1.165) is 17.2 Å². The van der Waals surface area contributed by atoms with Crippen LogP contribution in [0.2, 0.25) is 0 Å². The molecule has 10 atom stereocenters. The van der Waals surface area contributed by atoms with E-state index >= 15 is 0 Å². The molecule has 0 spiro atoms. The van der Waals surface area contributed by atoms with Crippen LogP contribution in [0.1, 0.15) is 12.6 Å². The van der Waals surface area contributed by atoms with E-state index in [0.29, 0.717) is 0 Å². The SMILES string of the molecule is NC(=O)C1=CN([C@@H]2O[C@H](COP(=O)([O-])OP(=O)([O-])OC[C@H]3O[C@@H](n4cnc5c(=O)[nH]cnc54)[C@H](O)[C@@H]3O)[C@@H](O)[C@H]2O)C=CC1. The zero-order chi connectivity index (χ0) is 32.0. The number of nitrogens with two attached hydrogens (primary N) is 1. The fraction of sp³-hybridized carbons (Fsp3) is 0.524. The first-order valence-electron chi connectivity index (χ1n) is 12.7. The van der Waals surface area contributed by atoms with Gasteiger partial charge in [-0.1, -0.05) is 6.08 Å². The Balaban J connectivity index is 1.15. The standard InChI is InChI=1S/C21H28N6O15P2/c22-17(32)9-2-1-3-26(4-9)20-15(30)13(28)10(40-20)5-38-43(34,35)42-44(36,37)39-6-11-14(29)16(31)21(41-11)27-8-25-12-18(27)23-7-24-19(12)33/h1,3-4,7-8,10-11,13-16,20-21,28-31H,2,5-6H2,(H2,22,32)(H,34,35)(H,36,37)(H,23,24,33)/p-2/t10-,11-,13-,14-,15-,16-,20-,21-/m1/s1. The van der Waals surface area contributed by atoms with E-state index in [1.165, 1.54) is 23.4 Å². The highest BCUT2D eigenvalue weighted by molar-refractivity contribution is 7.59. The van der Waals surface area contributed by atoms with Gasteiger partial charge in [0.25, 0.3) is 21.2 Å². The number of primary amides is 1. The van der Waals surface area contributed by atoms with Crippen molar-refractivity contribution < 1.29 is 67.0 Å². The number of amides is 1. The van der Waals surface area contributed by atoms with Crippen molar-refractivity contribution in [3.63, 3.8) is 0 Å². The smallest absolute Gasteiger partial charge is 0.278 e. The lowest BCUT2D eigenvalue weighted by molar-refractivity contribution is -0.246. The number of nitrogens with one attached hydrogen (secondary N) is 1. The number of aromatic nitrogens is 4. The van der Waals surface area contributed by atoms with Crippen LogP contribution in [-0.2, 0) is 36.8 Å². The summed E-state index contributed by atoms with van der Waals surface area (Å²) >= 11 is 0. The maximum Gasteiger partial charge on any atom is 0.278 e. The predicted molar refractivity (Wildman–Crippen MR) is 136 cm³/mol. The molecule has 7 N–H and O–H groups in total. The lowest BCUT2D eigenvalue weighted by Crippen LogP contribution is -2.40. The lowest BCUT2D eigenvalue weighted by atomic mass is 10.1. The van der Waals surface area contributed by atoms with Crippen molar-refractivity contribution in [3.8, 4) is 0 Å². The summed E-state index contributed by atoms with van der Waals surface area (Å²) in [6.45, 7) is -2.01. The van der Waals surface area contributed by atoms with Gasteiger partial charge < -0.3 is 64.4 Å². The molecule has 21 nitrogen and oxygen atoms in total. The number of nitrogens with zero attached hydrogens (tertiary/aromatic N) is 4. The summed E-state index contributed by atoms with van der Waals surface area (Å²) in [6, 6.07) is 0. The number of aliphatic hydroxyl groups excluding tert-OH is 4. The number of hydrogen-bond donors (Lipinski definition) is 6. The summed E-state index contributed by atoms with van der Waals surface area (Å²) in [5, 5.41) is 41.4. The highest BCUT2D eigenvalue weighted by Gasteiger charge is 2.47. The molecule has 0 aliphatic carbocycles. The van der Waals surface area contributed by atoms with Gasteiger partial charge in [0, 0.05) is 18.0 Å². The molecule has 2 aromatic heterocycles. The Morgan fingerprint density at radius 1 is 1.02 bits per heavy atom. The van der Waals surface area contributed by atoms with Gasteiger partial charge in [0.1, 0.15) is 36.6 Å². The maximum atomic E-state index is 12.3. The van der Waals surface area contributed by atoms with Gasteiger partial charge in [-0.3, -0.25) is 23.3 Å². The Morgan fingerprint density at radius 3 is 2.23 bits per heavy atom. The van der Waals surface area contributed by atoms with Crippen LogP contribution in [0.25, 0.3) is 11.2 Å². The van der Waals surface area contributed by atoms with Crippen molar-refractivity contribution in [1.82, 2.24) is 24.4 Å². The van der Waals surface area contributed by atoms with Crippen LogP contribution >= 0.6 is 15.6 Å². The molecule has 3 aliphatic rings. The monoisotopic (exact) mass is 664 g/mol. The summed E-state index contributed by atoms with van der Waals surface area (Å²) < 4.78 is 49.6. The Morgan fingerprint density at radius 2 is 1.61 bits per heavy atom. The molecule has 44 heavy (non-hydrogen) atoms. The number of allylic oxidation sites excluding steroid dienone is 1. The highest BCUT2D eigenvalue weighted by Crippen LogP contribution is 2.56. The fourth-order valence-corrected chi connectivity index (χ4v) is 6.67. The molecule has 2 saturated heterocycles. The molecule has 2 unspecified atom stereocenters. The zero-order valence-electron chi connectivity index (χ0n) is 22.2. The van der Waals surface area contributed by atoms with Gasteiger partial charge in [-0.15, -0.1) is 0 Å². The maximum absolute atomic E-state index is 12.3. The molecule has 0 aromatic carbocycles. The second kappa shape index (κ2) is 12.5. The van der Waals surface area contributed by atoms with Crippen LogP contribution in [0.5, 0.6) is 0 Å². The molecule has 23 heteroatoms. The van der Waals surface area contributed by atoms with Gasteiger partial charge in [0.15, 0.2) is 23.6 Å². The van der Waals surface area contributed by atoms with Gasteiger partial charge in [0.05, 0.1) is 25.9 Å². The number of carbonyl (C=O) groups is 1. The number of hydrogen-bond acceptors (Lipinski definition) is 18. The van der Waals surface area contributed by atoms with Crippen LogP contribution in [0.3, 0.4) is 0 Å². The Bertz CT molecular complexity index is 1610. The van der Waals surface area contributed by atoms with Crippen LogP contribution in [0.15, 0.2) is 41.5 Å². The van der Waals surface area contributed by atoms with Crippen molar-refractivity contribution in [3.05, 3.63) is 47.1 Å². The van der Waals surface area contributed by atoms with Crippen molar-refractivity contribution in [2.45, 2.75) is 55.5 Å². The first kappa shape index (κ1) is 32.5. The van der Waals surface area contributed by atoms with E-state index in [-0.39, 0.29) is 23.2 Å². The van der Waals surface area contributed by atoms with E-state index in [4.69, 9.17) is 15.2 Å². The number of rotatable bonds is 11. The van der Waals surface area contributed by atoms with Gasteiger partial charge in [0.2, 0.25) is 5.91 Å². The van der Waals surface area contributed by atoms with E-state index < -0.39 is 89.4 Å². The van der Waals surface area contributed by atoms with Crippen molar-refractivity contribution in [2.24, 2.45) is 5.73 Å². The number of phosphoric ester groups is 2. The van der Waals surface area contributed by atoms with Crippen molar-refractivity contribution in [2.75, 3.05) is 13.2 Å². The number of carbonyl (C=O) groups excluding carboxylic acids is 1. The summed E-state index contributed by atoms with van der Waals surface area (Å²) in [5.41, 5.74) is 4.73. The predicted octanol–water partition coefficient (Wildman–Crippen LogP) is -4.24. The number of aromatic amines is 1. The van der Waals surface area contributed by atoms with Crippen molar-refractivity contribution >= 4 is 32.7 Å². The largest absolute Gasteiger partial charge is 0.756 e. The molecule has 242 valence electrons. The third-order valence-corrected chi connectivity index (χ3v) is 9.37. The van der Waals surface area contributed by atoms with Gasteiger partial charge in [-0.25, -0.2) is 14.3 Å². The molecule has 2 aromatic rings. The van der Waals surface area contributed by atoms with E-state index in [9.17, 15) is 48.9 Å². The summed E-state index contributed by atoms with van der Waals surface area (Å²) in [7, 11) is -11.4. The van der Waals surface area contributed by atoms with Crippen LogP contribution in [-0.4, -0.2) is 107 Å². The van der Waals surface area contributed by atoms with Crippen LogP contribution < -0.4 is 21.1 Å².